The van der Waals surface area contributed by atoms with Gasteiger partial charge in [0.15, 0.2) is 11.5 Å². The Morgan fingerprint density at radius 1 is 0.971 bits per heavy atom. The van der Waals surface area contributed by atoms with Gasteiger partial charge in [-0.3, -0.25) is 4.99 Å². The molecule has 4 nitrogen and oxygen atoms in total. The van der Waals surface area contributed by atoms with Gasteiger partial charge in [0.25, 0.3) is 0 Å². The molecule has 0 unspecified atom stereocenters. The van der Waals surface area contributed by atoms with Gasteiger partial charge in [0.2, 0.25) is 0 Å². The van der Waals surface area contributed by atoms with Crippen molar-refractivity contribution in [2.24, 2.45) is 10.9 Å². The molecule has 3 aromatic rings. The fourth-order valence-electron chi connectivity index (χ4n) is 5.17. The summed E-state index contributed by atoms with van der Waals surface area (Å²) in [5.74, 6) is 2.58. The van der Waals surface area contributed by atoms with E-state index in [2.05, 4.69) is 73.8 Å². The van der Waals surface area contributed by atoms with Gasteiger partial charge in [0.05, 0.1) is 24.9 Å². The second-order valence-corrected chi connectivity index (χ2v) is 9.40. The lowest BCUT2D eigenvalue weighted by molar-refractivity contribution is 0.277. The molecule has 0 amide bonds. The van der Waals surface area contributed by atoms with Crippen LogP contribution in [-0.2, 0) is 0 Å². The summed E-state index contributed by atoms with van der Waals surface area (Å²) in [6.07, 6.45) is 8.69. The van der Waals surface area contributed by atoms with Crippen LogP contribution in [0.2, 0.25) is 0 Å². The minimum absolute atomic E-state index is 0.299. The molecule has 3 atom stereocenters. The van der Waals surface area contributed by atoms with E-state index in [1.54, 1.807) is 0 Å². The lowest BCUT2D eigenvalue weighted by atomic mass is 9.76. The molecule has 35 heavy (non-hydrogen) atoms. The zero-order valence-electron chi connectivity index (χ0n) is 20.8. The van der Waals surface area contributed by atoms with E-state index in [-0.39, 0.29) is 0 Å². The second kappa shape index (κ2) is 10.4. The topological polar surface area (TPSA) is 42.8 Å². The lowest BCUT2D eigenvalue weighted by Gasteiger charge is -2.37. The number of aliphatic imine (C=N–C) groups is 1. The number of allylic oxidation sites excluding steroid dienone is 2. The number of nitrogens with zero attached hydrogens (tertiary/aromatic N) is 1. The highest BCUT2D eigenvalue weighted by molar-refractivity contribution is 5.83. The number of fused-ring (bicyclic) bond motifs is 3. The van der Waals surface area contributed by atoms with E-state index in [0.717, 1.165) is 35.6 Å². The van der Waals surface area contributed by atoms with E-state index in [1.165, 1.54) is 22.4 Å². The maximum Gasteiger partial charge on any atom is 0.161 e. The fraction of sp³-hybridized carbons (Fsp3) is 0.323. The maximum atomic E-state index is 5.81. The molecule has 1 N–H and O–H groups in total. The molecule has 180 valence electrons. The van der Waals surface area contributed by atoms with Crippen LogP contribution in [0.15, 0.2) is 77.8 Å². The van der Waals surface area contributed by atoms with Crippen LogP contribution in [0.25, 0.3) is 0 Å². The number of benzene rings is 3. The van der Waals surface area contributed by atoms with Gasteiger partial charge >= 0.3 is 0 Å². The number of anilines is 1. The normalized spacial score (nSPS) is 20.4. The number of ether oxygens (including phenoxy) is 2. The van der Waals surface area contributed by atoms with Crippen LogP contribution >= 0.6 is 0 Å². The third-order valence-electron chi connectivity index (χ3n) is 6.86. The van der Waals surface area contributed by atoms with Crippen molar-refractivity contribution in [3.63, 3.8) is 0 Å². The highest BCUT2D eigenvalue weighted by Crippen LogP contribution is 2.50. The molecule has 1 heterocycles. The molecule has 0 saturated carbocycles. The van der Waals surface area contributed by atoms with Crippen LogP contribution in [0.5, 0.6) is 11.5 Å². The van der Waals surface area contributed by atoms with Gasteiger partial charge in [-0.1, -0.05) is 48.9 Å². The first kappa shape index (κ1) is 23.2. The number of aryl methyl sites for hydroxylation is 1. The highest BCUT2D eigenvalue weighted by Gasteiger charge is 2.37. The van der Waals surface area contributed by atoms with Gasteiger partial charge in [-0.05, 0) is 85.7 Å². The summed E-state index contributed by atoms with van der Waals surface area (Å²) >= 11 is 0. The molecule has 0 aromatic heterocycles. The zero-order chi connectivity index (χ0) is 24.2. The smallest absolute Gasteiger partial charge is 0.161 e. The molecule has 2 aliphatic rings. The van der Waals surface area contributed by atoms with Crippen LogP contribution in [0.3, 0.4) is 0 Å². The van der Waals surface area contributed by atoms with Crippen LogP contribution < -0.4 is 14.8 Å². The van der Waals surface area contributed by atoms with Crippen LogP contribution in [0.4, 0.5) is 11.4 Å². The van der Waals surface area contributed by atoms with E-state index in [4.69, 9.17) is 14.5 Å². The van der Waals surface area contributed by atoms with Crippen molar-refractivity contribution in [1.82, 2.24) is 0 Å². The monoisotopic (exact) mass is 466 g/mol. The van der Waals surface area contributed by atoms with E-state index in [9.17, 15) is 0 Å². The SMILES string of the molecule is CCCOc1ccc(C=Nc2ccc([C@@H]3Nc4ccc(C)cc4[C@H]4C=CC[C@@H]43)cc2)cc1OCC. The Morgan fingerprint density at radius 3 is 2.63 bits per heavy atom. The van der Waals surface area contributed by atoms with Crippen LogP contribution in [-0.4, -0.2) is 19.4 Å². The average molecular weight is 467 g/mol. The molecule has 1 aliphatic carbocycles. The summed E-state index contributed by atoms with van der Waals surface area (Å²) in [5, 5.41) is 3.82. The summed E-state index contributed by atoms with van der Waals surface area (Å²) in [4.78, 5) is 4.71. The molecular weight excluding hydrogens is 432 g/mol. The molecule has 5 rings (SSSR count). The van der Waals surface area contributed by atoms with Crippen molar-refractivity contribution in [2.75, 3.05) is 18.5 Å². The Morgan fingerprint density at radius 2 is 1.83 bits per heavy atom. The van der Waals surface area contributed by atoms with E-state index >= 15 is 0 Å². The van der Waals surface area contributed by atoms with E-state index < -0.39 is 0 Å². The Hall–Kier alpha value is -3.53. The van der Waals surface area contributed by atoms with Gasteiger partial charge in [-0.2, -0.15) is 0 Å². The molecule has 0 radical (unpaired) electrons. The first-order chi connectivity index (χ1) is 17.2. The largest absolute Gasteiger partial charge is 0.490 e. The van der Waals surface area contributed by atoms with Crippen molar-refractivity contribution >= 4 is 17.6 Å². The minimum Gasteiger partial charge on any atom is -0.490 e. The zero-order valence-corrected chi connectivity index (χ0v) is 20.8. The Labute approximate surface area is 208 Å². The molecule has 0 spiro atoms. The van der Waals surface area contributed by atoms with E-state index in [1.807, 2.05) is 31.3 Å². The van der Waals surface area contributed by atoms with Crippen LogP contribution in [0.1, 0.15) is 60.9 Å². The molecular formula is C31H34N2O2. The summed E-state index contributed by atoms with van der Waals surface area (Å²) in [5.41, 5.74) is 7.24. The molecule has 4 heteroatoms. The van der Waals surface area contributed by atoms with Gasteiger partial charge in [-0.25, -0.2) is 0 Å². The number of hydrogen-bond donors (Lipinski definition) is 1. The van der Waals surface area contributed by atoms with Gasteiger partial charge in [-0.15, -0.1) is 0 Å². The molecule has 3 aromatic carbocycles. The number of nitrogens with one attached hydrogen (secondary N) is 1. The van der Waals surface area contributed by atoms with Gasteiger partial charge in [0, 0.05) is 17.8 Å². The van der Waals surface area contributed by atoms with Crippen molar-refractivity contribution in [3.8, 4) is 11.5 Å². The third kappa shape index (κ3) is 4.97. The van der Waals surface area contributed by atoms with Crippen molar-refractivity contribution in [1.29, 1.82) is 0 Å². The molecule has 0 saturated heterocycles. The minimum atomic E-state index is 0.299. The average Bonchev–Trinajstić information content (AvgIpc) is 3.38. The van der Waals surface area contributed by atoms with E-state index in [0.29, 0.717) is 31.1 Å². The first-order valence-electron chi connectivity index (χ1n) is 12.7. The Kier molecular flexibility index (Phi) is 6.89. The summed E-state index contributed by atoms with van der Waals surface area (Å²) in [6, 6.07) is 21.7. The third-order valence-corrected chi connectivity index (χ3v) is 6.86. The predicted molar refractivity (Wildman–Crippen MR) is 145 cm³/mol. The number of rotatable bonds is 8. The molecule has 0 bridgehead atoms. The Balaban J connectivity index is 1.32. The molecule has 0 fully saturated rings. The summed E-state index contributed by atoms with van der Waals surface area (Å²) < 4.78 is 11.6. The van der Waals surface area contributed by atoms with Crippen LogP contribution in [0, 0.1) is 12.8 Å². The lowest BCUT2D eigenvalue weighted by Crippen LogP contribution is -2.29. The van der Waals surface area contributed by atoms with Crippen molar-refractivity contribution in [2.45, 2.75) is 45.6 Å². The van der Waals surface area contributed by atoms with Crippen molar-refractivity contribution < 1.29 is 9.47 Å². The number of hydrogen-bond acceptors (Lipinski definition) is 4. The highest BCUT2D eigenvalue weighted by atomic mass is 16.5. The summed E-state index contributed by atoms with van der Waals surface area (Å²) in [7, 11) is 0. The first-order valence-corrected chi connectivity index (χ1v) is 12.7. The maximum absolute atomic E-state index is 5.81. The van der Waals surface area contributed by atoms with Crippen molar-refractivity contribution in [3.05, 3.63) is 95.1 Å². The standard InChI is InChI=1S/C31H34N2O2/c1-4-17-35-29-16-10-22(19-30(29)34-5-2)20-32-24-13-11-23(12-14-24)31-26-8-6-7-25(26)27-18-21(3)9-15-28(27)33-31/h6-7,9-16,18-20,25-26,31,33H,4-5,8,17H2,1-3H3/t25-,26-,31-/m0/s1. The predicted octanol–water partition coefficient (Wildman–Crippen LogP) is 7.76. The second-order valence-electron chi connectivity index (χ2n) is 9.40. The summed E-state index contributed by atoms with van der Waals surface area (Å²) in [6.45, 7) is 7.53. The Bertz CT molecular complexity index is 1230. The molecule has 1 aliphatic heterocycles. The quantitative estimate of drug-likeness (QED) is 0.272. The fourth-order valence-corrected chi connectivity index (χ4v) is 5.17. The van der Waals surface area contributed by atoms with Gasteiger partial charge in [0.1, 0.15) is 0 Å². The van der Waals surface area contributed by atoms with Gasteiger partial charge < -0.3 is 14.8 Å².